The molecule has 1 fully saturated rings. The van der Waals surface area contributed by atoms with Crippen LogP contribution in [-0.2, 0) is 19.1 Å². The molecule has 2 unspecified atom stereocenters. The summed E-state index contributed by atoms with van der Waals surface area (Å²) in [6, 6.07) is -0.285. The van der Waals surface area contributed by atoms with Crippen molar-refractivity contribution in [1.82, 2.24) is 4.90 Å². The Morgan fingerprint density at radius 2 is 1.95 bits per heavy atom. The molecule has 1 rings (SSSR count). The van der Waals surface area contributed by atoms with Gasteiger partial charge >= 0.3 is 12.1 Å². The first-order valence-corrected chi connectivity index (χ1v) is 7.34. The van der Waals surface area contributed by atoms with Crippen molar-refractivity contribution in [2.24, 2.45) is 5.92 Å². The molecule has 21 heavy (non-hydrogen) atoms. The SMILES string of the molecule is CCOC(=O)C1CCN(C(=O)OC(C)(C)C)C(C)CC1=O. The highest BCUT2D eigenvalue weighted by Gasteiger charge is 2.37. The molecule has 0 saturated carbocycles. The van der Waals surface area contributed by atoms with E-state index in [1.54, 1.807) is 34.6 Å². The molecule has 0 spiro atoms. The Kier molecular flexibility index (Phi) is 5.75. The van der Waals surface area contributed by atoms with Gasteiger partial charge in [0.15, 0.2) is 0 Å². The van der Waals surface area contributed by atoms with Crippen molar-refractivity contribution in [1.29, 1.82) is 0 Å². The number of carbonyl (C=O) groups excluding carboxylic acids is 3. The smallest absolute Gasteiger partial charge is 0.410 e. The summed E-state index contributed by atoms with van der Waals surface area (Å²) in [6.07, 6.45) is -0.0310. The first-order chi connectivity index (χ1) is 9.65. The molecule has 0 radical (unpaired) electrons. The Balaban J connectivity index is 2.78. The van der Waals surface area contributed by atoms with E-state index in [0.29, 0.717) is 6.54 Å². The van der Waals surface area contributed by atoms with Gasteiger partial charge in [-0.15, -0.1) is 0 Å². The molecule has 1 aliphatic heterocycles. The Morgan fingerprint density at radius 3 is 2.48 bits per heavy atom. The summed E-state index contributed by atoms with van der Waals surface area (Å²) in [7, 11) is 0. The van der Waals surface area contributed by atoms with Gasteiger partial charge in [0, 0.05) is 19.0 Å². The van der Waals surface area contributed by atoms with Crippen LogP contribution in [0.4, 0.5) is 4.79 Å². The number of ether oxygens (including phenoxy) is 2. The van der Waals surface area contributed by atoms with Gasteiger partial charge in [0.1, 0.15) is 17.3 Å². The van der Waals surface area contributed by atoms with Crippen LogP contribution >= 0.6 is 0 Å². The van der Waals surface area contributed by atoms with Gasteiger partial charge in [0.25, 0.3) is 0 Å². The van der Waals surface area contributed by atoms with Gasteiger partial charge in [0.2, 0.25) is 0 Å². The predicted octanol–water partition coefficient (Wildman–Crippen LogP) is 2.15. The van der Waals surface area contributed by atoms with Crippen molar-refractivity contribution < 1.29 is 23.9 Å². The van der Waals surface area contributed by atoms with Crippen molar-refractivity contribution in [3.63, 3.8) is 0 Å². The number of likely N-dealkylation sites (tertiary alicyclic amines) is 1. The minimum absolute atomic E-state index is 0.142. The van der Waals surface area contributed by atoms with Gasteiger partial charge in [-0.2, -0.15) is 0 Å². The third-order valence-corrected chi connectivity index (χ3v) is 3.28. The highest BCUT2D eigenvalue weighted by Crippen LogP contribution is 2.22. The third-order valence-electron chi connectivity index (χ3n) is 3.28. The lowest BCUT2D eigenvalue weighted by Gasteiger charge is -2.30. The maximum atomic E-state index is 12.2. The molecule has 0 N–H and O–H groups in total. The normalized spacial score (nSPS) is 23.5. The van der Waals surface area contributed by atoms with Gasteiger partial charge in [-0.25, -0.2) is 4.79 Å². The highest BCUT2D eigenvalue weighted by molar-refractivity contribution is 5.99. The fourth-order valence-electron chi connectivity index (χ4n) is 2.28. The van der Waals surface area contributed by atoms with Crippen LogP contribution in [0.1, 0.15) is 47.5 Å². The van der Waals surface area contributed by atoms with Crippen LogP contribution < -0.4 is 0 Å². The first-order valence-electron chi connectivity index (χ1n) is 7.34. The quantitative estimate of drug-likeness (QED) is 0.577. The first kappa shape index (κ1) is 17.5. The molecule has 6 nitrogen and oxygen atoms in total. The average molecular weight is 299 g/mol. The Morgan fingerprint density at radius 1 is 1.33 bits per heavy atom. The van der Waals surface area contributed by atoms with E-state index in [0.717, 1.165) is 0 Å². The van der Waals surface area contributed by atoms with Crippen LogP contribution in [0.3, 0.4) is 0 Å². The molecule has 0 aromatic rings. The van der Waals surface area contributed by atoms with E-state index in [2.05, 4.69) is 0 Å². The van der Waals surface area contributed by atoms with Crippen LogP contribution in [-0.4, -0.2) is 47.5 Å². The monoisotopic (exact) mass is 299 g/mol. The van der Waals surface area contributed by atoms with Crippen molar-refractivity contribution in [2.45, 2.75) is 59.1 Å². The van der Waals surface area contributed by atoms with Gasteiger partial charge in [-0.05, 0) is 41.0 Å². The van der Waals surface area contributed by atoms with Crippen LogP contribution in [0.5, 0.6) is 0 Å². The molecule has 1 aliphatic rings. The summed E-state index contributed by atoms with van der Waals surface area (Å²) in [6.45, 7) is 9.42. The molecular weight excluding hydrogens is 274 g/mol. The standard InChI is InChI=1S/C15H25NO5/c1-6-20-13(18)11-7-8-16(10(2)9-12(11)17)14(19)21-15(3,4)5/h10-11H,6-9H2,1-5H3. The molecule has 120 valence electrons. The molecular formula is C15H25NO5. The highest BCUT2D eigenvalue weighted by atomic mass is 16.6. The fourth-order valence-corrected chi connectivity index (χ4v) is 2.28. The number of rotatable bonds is 2. The van der Waals surface area contributed by atoms with Crippen molar-refractivity contribution in [3.8, 4) is 0 Å². The summed E-state index contributed by atoms with van der Waals surface area (Å²) < 4.78 is 10.3. The molecule has 1 saturated heterocycles. The molecule has 0 aromatic carbocycles. The summed E-state index contributed by atoms with van der Waals surface area (Å²) in [4.78, 5) is 37.6. The van der Waals surface area contributed by atoms with Crippen molar-refractivity contribution in [3.05, 3.63) is 0 Å². The second-order valence-electron chi connectivity index (χ2n) is 6.29. The van der Waals surface area contributed by atoms with Crippen LogP contribution in [0.15, 0.2) is 0 Å². The number of Topliss-reactive ketones (excluding diaryl/α,β-unsaturated/α-hetero) is 1. The van der Waals surface area contributed by atoms with Crippen LogP contribution in [0, 0.1) is 5.92 Å². The van der Waals surface area contributed by atoms with E-state index in [-0.39, 0.29) is 31.3 Å². The van der Waals surface area contributed by atoms with Crippen LogP contribution in [0.2, 0.25) is 0 Å². The lowest BCUT2D eigenvalue weighted by molar-refractivity contribution is -0.151. The van der Waals surface area contributed by atoms with Gasteiger partial charge in [-0.1, -0.05) is 0 Å². The van der Waals surface area contributed by atoms with Gasteiger partial charge in [-0.3, -0.25) is 9.59 Å². The largest absolute Gasteiger partial charge is 0.465 e. The number of hydrogen-bond acceptors (Lipinski definition) is 5. The average Bonchev–Trinajstić information content (AvgIpc) is 2.45. The number of ketones is 1. The zero-order valence-corrected chi connectivity index (χ0v) is 13.5. The van der Waals surface area contributed by atoms with E-state index < -0.39 is 23.6 Å². The summed E-state index contributed by atoms with van der Waals surface area (Å²) in [5.74, 6) is -1.45. The Bertz CT molecular complexity index is 413. The second kappa shape index (κ2) is 6.91. The van der Waals surface area contributed by atoms with Crippen molar-refractivity contribution in [2.75, 3.05) is 13.2 Å². The number of amides is 1. The molecule has 1 heterocycles. The second-order valence-corrected chi connectivity index (χ2v) is 6.29. The van der Waals surface area contributed by atoms with E-state index >= 15 is 0 Å². The summed E-state index contributed by atoms with van der Waals surface area (Å²) in [5, 5.41) is 0. The van der Waals surface area contributed by atoms with E-state index in [9.17, 15) is 14.4 Å². The lowest BCUT2D eigenvalue weighted by atomic mass is 9.98. The topological polar surface area (TPSA) is 72.9 Å². The number of carbonyl (C=O) groups is 3. The third kappa shape index (κ3) is 5.02. The number of esters is 1. The Hall–Kier alpha value is -1.59. The van der Waals surface area contributed by atoms with E-state index in [1.165, 1.54) is 4.90 Å². The van der Waals surface area contributed by atoms with Gasteiger partial charge < -0.3 is 14.4 Å². The lowest BCUT2D eigenvalue weighted by Crippen LogP contribution is -2.42. The summed E-state index contributed by atoms with van der Waals surface area (Å²) in [5.41, 5.74) is -0.590. The zero-order valence-electron chi connectivity index (χ0n) is 13.5. The zero-order chi connectivity index (χ0) is 16.2. The van der Waals surface area contributed by atoms with E-state index in [1.807, 2.05) is 0 Å². The van der Waals surface area contributed by atoms with E-state index in [4.69, 9.17) is 9.47 Å². The molecule has 0 aromatic heterocycles. The molecule has 6 heteroatoms. The Labute approximate surface area is 125 Å². The number of nitrogens with zero attached hydrogens (tertiary/aromatic N) is 1. The molecule has 2 atom stereocenters. The predicted molar refractivity (Wildman–Crippen MR) is 76.8 cm³/mol. The molecule has 1 amide bonds. The van der Waals surface area contributed by atoms with Crippen LogP contribution in [0.25, 0.3) is 0 Å². The molecule has 0 aliphatic carbocycles. The minimum Gasteiger partial charge on any atom is -0.465 e. The summed E-state index contributed by atoms with van der Waals surface area (Å²) >= 11 is 0. The van der Waals surface area contributed by atoms with Crippen molar-refractivity contribution >= 4 is 17.8 Å². The maximum Gasteiger partial charge on any atom is 0.410 e. The molecule has 0 bridgehead atoms. The minimum atomic E-state index is -0.778. The fraction of sp³-hybridized carbons (Fsp3) is 0.800. The number of hydrogen-bond donors (Lipinski definition) is 0. The maximum absolute atomic E-state index is 12.2. The van der Waals surface area contributed by atoms with Gasteiger partial charge in [0.05, 0.1) is 6.61 Å².